The van der Waals surface area contributed by atoms with Crippen molar-refractivity contribution in [2.45, 2.75) is 19.9 Å². The molecule has 1 unspecified atom stereocenters. The number of halogens is 1. The molecule has 0 spiro atoms. The first-order valence-corrected chi connectivity index (χ1v) is 7.17. The number of nitrogens with one attached hydrogen (secondary N) is 1. The summed E-state index contributed by atoms with van der Waals surface area (Å²) in [5.74, 6) is -0.182. The molecule has 0 saturated carbocycles. The van der Waals surface area contributed by atoms with Gasteiger partial charge in [0.05, 0.1) is 23.9 Å². The highest BCUT2D eigenvalue weighted by Crippen LogP contribution is 2.19. The number of carbonyl (C=O) groups excluding carboxylic acids is 1. The van der Waals surface area contributed by atoms with Crippen LogP contribution in [0.1, 0.15) is 23.1 Å². The summed E-state index contributed by atoms with van der Waals surface area (Å²) in [5.41, 5.74) is 1.08. The Bertz CT molecular complexity index is 483. The van der Waals surface area contributed by atoms with E-state index < -0.39 is 0 Å². The number of nitrogens with zero attached hydrogens (tertiary/aromatic N) is 3. The van der Waals surface area contributed by atoms with E-state index in [-0.39, 0.29) is 11.9 Å². The van der Waals surface area contributed by atoms with Crippen LogP contribution in [0.3, 0.4) is 0 Å². The van der Waals surface area contributed by atoms with E-state index in [9.17, 15) is 4.79 Å². The van der Waals surface area contributed by atoms with Gasteiger partial charge in [-0.25, -0.2) is 0 Å². The predicted octanol–water partition coefficient (Wildman–Crippen LogP) is 0.832. The second kappa shape index (κ2) is 6.56. The van der Waals surface area contributed by atoms with E-state index in [0.717, 1.165) is 32.8 Å². The summed E-state index contributed by atoms with van der Waals surface area (Å²) in [6.45, 7) is 7.92. The number of amides is 1. The zero-order valence-electron chi connectivity index (χ0n) is 12.1. The minimum absolute atomic E-state index is 0.0480. The molecule has 1 aliphatic rings. The first-order valence-electron chi connectivity index (χ1n) is 6.79. The predicted molar refractivity (Wildman–Crippen MR) is 77.1 cm³/mol. The maximum absolute atomic E-state index is 12.3. The van der Waals surface area contributed by atoms with Gasteiger partial charge in [-0.2, -0.15) is 5.10 Å². The van der Waals surface area contributed by atoms with Gasteiger partial charge in [0.25, 0.3) is 5.91 Å². The summed E-state index contributed by atoms with van der Waals surface area (Å²) in [5, 5.41) is 7.54. The third kappa shape index (κ3) is 3.50. The summed E-state index contributed by atoms with van der Waals surface area (Å²) in [4.78, 5) is 14.5. The SMILES string of the molecule is Cc1nn(C)c(C(=O)NC(C)CN2CCOCC2)c1Cl. The van der Waals surface area contributed by atoms with E-state index in [0.29, 0.717) is 16.4 Å². The summed E-state index contributed by atoms with van der Waals surface area (Å²) in [6.07, 6.45) is 0. The Morgan fingerprint density at radius 1 is 1.50 bits per heavy atom. The zero-order chi connectivity index (χ0) is 14.7. The van der Waals surface area contributed by atoms with Gasteiger partial charge >= 0.3 is 0 Å². The topological polar surface area (TPSA) is 59.4 Å². The Morgan fingerprint density at radius 2 is 2.15 bits per heavy atom. The lowest BCUT2D eigenvalue weighted by atomic mass is 10.2. The fourth-order valence-electron chi connectivity index (χ4n) is 2.39. The molecule has 0 aromatic carbocycles. The third-order valence-corrected chi connectivity index (χ3v) is 3.83. The zero-order valence-corrected chi connectivity index (χ0v) is 12.9. The van der Waals surface area contributed by atoms with E-state index in [2.05, 4.69) is 15.3 Å². The van der Waals surface area contributed by atoms with Crippen molar-refractivity contribution in [1.29, 1.82) is 0 Å². The van der Waals surface area contributed by atoms with Gasteiger partial charge < -0.3 is 10.1 Å². The Balaban J connectivity index is 1.93. The quantitative estimate of drug-likeness (QED) is 0.895. The molecule has 0 bridgehead atoms. The number of aromatic nitrogens is 2. The average Bonchev–Trinajstić information content (AvgIpc) is 2.64. The number of rotatable bonds is 4. The van der Waals surface area contributed by atoms with Crippen molar-refractivity contribution in [3.63, 3.8) is 0 Å². The number of aryl methyl sites for hydroxylation is 2. The van der Waals surface area contributed by atoms with Gasteiger partial charge in [-0.05, 0) is 13.8 Å². The first kappa shape index (κ1) is 15.3. The number of ether oxygens (including phenoxy) is 1. The van der Waals surface area contributed by atoms with Gasteiger partial charge in [0.15, 0.2) is 0 Å². The smallest absolute Gasteiger partial charge is 0.271 e. The average molecular weight is 301 g/mol. The van der Waals surface area contributed by atoms with Crippen molar-refractivity contribution in [3.8, 4) is 0 Å². The largest absolute Gasteiger partial charge is 0.379 e. The third-order valence-electron chi connectivity index (χ3n) is 3.38. The summed E-state index contributed by atoms with van der Waals surface area (Å²) in [6, 6.07) is 0.0480. The Morgan fingerprint density at radius 3 is 2.70 bits per heavy atom. The highest BCUT2D eigenvalue weighted by molar-refractivity contribution is 6.34. The van der Waals surface area contributed by atoms with E-state index in [1.54, 1.807) is 14.0 Å². The van der Waals surface area contributed by atoms with Crippen molar-refractivity contribution < 1.29 is 9.53 Å². The standard InChI is InChI=1S/C13H21ClN4O2/c1-9(8-18-4-6-20-7-5-18)15-13(19)12-11(14)10(2)16-17(12)3/h9H,4-8H2,1-3H3,(H,15,19). The highest BCUT2D eigenvalue weighted by Gasteiger charge is 2.21. The van der Waals surface area contributed by atoms with Crippen LogP contribution in [0.2, 0.25) is 5.02 Å². The van der Waals surface area contributed by atoms with Crippen LogP contribution >= 0.6 is 11.6 Å². The van der Waals surface area contributed by atoms with Gasteiger partial charge in [-0.1, -0.05) is 11.6 Å². The van der Waals surface area contributed by atoms with Crippen LogP contribution in [-0.4, -0.2) is 59.5 Å². The van der Waals surface area contributed by atoms with Gasteiger partial charge in [0.2, 0.25) is 0 Å². The lowest BCUT2D eigenvalue weighted by Gasteiger charge is -2.29. The van der Waals surface area contributed by atoms with Crippen LogP contribution in [0, 0.1) is 6.92 Å². The molecule has 6 nitrogen and oxygen atoms in total. The summed E-state index contributed by atoms with van der Waals surface area (Å²) in [7, 11) is 1.72. The molecule has 2 rings (SSSR count). The molecule has 112 valence electrons. The van der Waals surface area contributed by atoms with Crippen molar-refractivity contribution in [3.05, 3.63) is 16.4 Å². The van der Waals surface area contributed by atoms with Crippen LogP contribution < -0.4 is 5.32 Å². The summed E-state index contributed by atoms with van der Waals surface area (Å²) >= 11 is 6.11. The molecule has 1 amide bonds. The fourth-order valence-corrected chi connectivity index (χ4v) is 2.63. The number of carbonyl (C=O) groups is 1. The lowest BCUT2D eigenvalue weighted by Crippen LogP contribution is -2.46. The maximum Gasteiger partial charge on any atom is 0.271 e. The molecule has 20 heavy (non-hydrogen) atoms. The van der Waals surface area contributed by atoms with Gasteiger partial charge in [-0.3, -0.25) is 14.4 Å². The van der Waals surface area contributed by atoms with Crippen LogP contribution in [0.5, 0.6) is 0 Å². The van der Waals surface area contributed by atoms with E-state index in [4.69, 9.17) is 16.3 Å². The van der Waals surface area contributed by atoms with E-state index in [1.807, 2.05) is 6.92 Å². The van der Waals surface area contributed by atoms with Crippen LogP contribution in [0.25, 0.3) is 0 Å². The van der Waals surface area contributed by atoms with Crippen LogP contribution in [-0.2, 0) is 11.8 Å². The molecule has 1 aromatic rings. The minimum atomic E-state index is -0.182. The maximum atomic E-state index is 12.3. The Hall–Kier alpha value is -1.11. The van der Waals surface area contributed by atoms with Crippen molar-refractivity contribution in [2.75, 3.05) is 32.8 Å². The first-order chi connectivity index (χ1) is 9.49. The second-order valence-electron chi connectivity index (χ2n) is 5.16. The molecule has 1 aliphatic heterocycles. The molecule has 1 N–H and O–H groups in total. The fraction of sp³-hybridized carbons (Fsp3) is 0.692. The van der Waals surface area contributed by atoms with Crippen molar-refractivity contribution in [2.24, 2.45) is 7.05 Å². The molecule has 1 atom stereocenters. The summed E-state index contributed by atoms with van der Waals surface area (Å²) < 4.78 is 6.83. The van der Waals surface area contributed by atoms with Gasteiger partial charge in [0, 0.05) is 32.7 Å². The minimum Gasteiger partial charge on any atom is -0.379 e. The normalized spacial score (nSPS) is 18.0. The number of hydrogen-bond acceptors (Lipinski definition) is 4. The van der Waals surface area contributed by atoms with Crippen LogP contribution in [0.15, 0.2) is 0 Å². The molecular formula is C13H21ClN4O2. The second-order valence-corrected chi connectivity index (χ2v) is 5.54. The number of hydrogen-bond donors (Lipinski definition) is 1. The molecule has 0 aliphatic carbocycles. The monoisotopic (exact) mass is 300 g/mol. The van der Waals surface area contributed by atoms with Crippen molar-refractivity contribution >= 4 is 17.5 Å². The van der Waals surface area contributed by atoms with Gasteiger partial charge in [-0.15, -0.1) is 0 Å². The molecule has 1 aromatic heterocycles. The highest BCUT2D eigenvalue weighted by atomic mass is 35.5. The Labute approximate surface area is 124 Å². The van der Waals surface area contributed by atoms with E-state index >= 15 is 0 Å². The molecular weight excluding hydrogens is 280 g/mol. The Kier molecular flexibility index (Phi) is 5.01. The van der Waals surface area contributed by atoms with Crippen LogP contribution in [0.4, 0.5) is 0 Å². The van der Waals surface area contributed by atoms with Crippen molar-refractivity contribution in [1.82, 2.24) is 20.0 Å². The van der Waals surface area contributed by atoms with E-state index in [1.165, 1.54) is 4.68 Å². The molecule has 1 fully saturated rings. The molecule has 7 heteroatoms. The molecule has 1 saturated heterocycles. The lowest BCUT2D eigenvalue weighted by molar-refractivity contribution is 0.0342. The van der Waals surface area contributed by atoms with Gasteiger partial charge in [0.1, 0.15) is 5.69 Å². The molecule has 2 heterocycles. The number of morpholine rings is 1. The molecule has 0 radical (unpaired) electrons.